The first-order chi connectivity index (χ1) is 15.1. The Hall–Kier alpha value is -3.12. The molecule has 0 bridgehead atoms. The van der Waals surface area contributed by atoms with Crippen molar-refractivity contribution in [2.24, 2.45) is 0 Å². The maximum Gasteiger partial charge on any atom is 0.446 e. The molecular formula is C20H9F11N2. The highest BCUT2D eigenvalue weighted by molar-refractivity contribution is 5.99. The van der Waals surface area contributed by atoms with Crippen molar-refractivity contribution < 1.29 is 48.3 Å². The van der Waals surface area contributed by atoms with Gasteiger partial charge in [0.2, 0.25) is 0 Å². The second kappa shape index (κ2) is 6.70. The first-order valence-corrected chi connectivity index (χ1v) is 8.93. The molecule has 2 atom stereocenters. The number of nitrogens with zero attached hydrogens (tertiary/aromatic N) is 2. The van der Waals surface area contributed by atoms with Gasteiger partial charge in [-0.05, 0) is 18.2 Å². The van der Waals surface area contributed by atoms with Crippen molar-refractivity contribution in [3.05, 3.63) is 65.9 Å². The second-order valence-electron chi connectivity index (χ2n) is 7.15. The van der Waals surface area contributed by atoms with Gasteiger partial charge >= 0.3 is 24.3 Å². The van der Waals surface area contributed by atoms with E-state index < -0.39 is 68.4 Å². The molecule has 0 fully saturated rings. The number of benzene rings is 2. The van der Waals surface area contributed by atoms with Crippen LogP contribution in [0.5, 0.6) is 0 Å². The Balaban J connectivity index is 2.33. The molecule has 1 aliphatic heterocycles. The molecule has 33 heavy (non-hydrogen) atoms. The third-order valence-corrected chi connectivity index (χ3v) is 5.25. The summed E-state index contributed by atoms with van der Waals surface area (Å²) in [7, 11) is 0. The molecule has 1 aromatic heterocycles. The number of halogens is 11. The molecule has 0 saturated heterocycles. The van der Waals surface area contributed by atoms with Gasteiger partial charge in [-0.15, -0.1) is 0 Å². The minimum absolute atomic E-state index is 0.708. The molecule has 1 aliphatic rings. The summed E-state index contributed by atoms with van der Waals surface area (Å²) < 4.78 is 157. The number of fused-ring (bicyclic) bond motifs is 3. The first kappa shape index (κ1) is 23.1. The highest BCUT2D eigenvalue weighted by Gasteiger charge is 2.87. The van der Waals surface area contributed by atoms with E-state index in [1.165, 1.54) is 6.07 Å². The molecule has 0 aliphatic carbocycles. The number of para-hydroxylation sites is 2. The van der Waals surface area contributed by atoms with Gasteiger partial charge in [0, 0.05) is 11.1 Å². The zero-order valence-corrected chi connectivity index (χ0v) is 15.7. The summed E-state index contributed by atoms with van der Waals surface area (Å²) in [6, 6.07) is 8.54. The lowest BCUT2D eigenvalue weighted by Gasteiger charge is -2.41. The fraction of sp³-hybridized carbons (Fsp3) is 0.250. The number of pyridine rings is 1. The van der Waals surface area contributed by atoms with Crippen LogP contribution < -0.4 is 4.90 Å². The maximum absolute atomic E-state index is 15.9. The number of hydrogen-bond acceptors (Lipinski definition) is 2. The molecule has 13 heteroatoms. The van der Waals surface area contributed by atoms with Crippen LogP contribution in [0.1, 0.15) is 11.3 Å². The minimum Gasteiger partial charge on any atom is -0.297 e. The average Bonchev–Trinajstić information content (AvgIpc) is 2.94. The summed E-state index contributed by atoms with van der Waals surface area (Å²) in [6.45, 7) is 0. The highest BCUT2D eigenvalue weighted by Crippen LogP contribution is 2.69. The monoisotopic (exact) mass is 486 g/mol. The van der Waals surface area contributed by atoms with Crippen LogP contribution in [-0.4, -0.2) is 23.1 Å². The highest BCUT2D eigenvalue weighted by atomic mass is 19.4. The Bertz CT molecular complexity index is 1220. The van der Waals surface area contributed by atoms with E-state index >= 15 is 8.78 Å². The van der Waals surface area contributed by atoms with E-state index in [1.807, 2.05) is 0 Å². The third kappa shape index (κ3) is 2.90. The summed E-state index contributed by atoms with van der Waals surface area (Å²) in [6.07, 6.45) is -19.3. The Labute approximate surface area is 177 Å². The van der Waals surface area contributed by atoms with E-state index in [-0.39, 0.29) is 0 Å². The Morgan fingerprint density at radius 2 is 1.24 bits per heavy atom. The zero-order chi connectivity index (χ0) is 24.6. The van der Waals surface area contributed by atoms with Crippen LogP contribution in [0.15, 0.2) is 54.6 Å². The van der Waals surface area contributed by atoms with Gasteiger partial charge in [-0.1, -0.05) is 36.4 Å². The quantitative estimate of drug-likeness (QED) is 0.264. The van der Waals surface area contributed by atoms with E-state index in [2.05, 4.69) is 4.98 Å². The predicted molar refractivity (Wildman–Crippen MR) is 94.1 cm³/mol. The normalized spacial score (nSPS) is 23.8. The summed E-state index contributed by atoms with van der Waals surface area (Å²) in [5.41, 5.74) is -14.6. The Morgan fingerprint density at radius 1 is 0.697 bits per heavy atom. The van der Waals surface area contributed by atoms with Crippen LogP contribution in [0.25, 0.3) is 10.9 Å². The molecule has 176 valence electrons. The minimum atomic E-state index is -6.76. The smallest absolute Gasteiger partial charge is 0.297 e. The van der Waals surface area contributed by atoms with E-state index in [0.717, 1.165) is 36.4 Å². The molecule has 0 N–H and O–H groups in total. The lowest BCUT2D eigenvalue weighted by Crippen LogP contribution is -2.66. The van der Waals surface area contributed by atoms with Gasteiger partial charge in [-0.2, -0.15) is 39.5 Å². The van der Waals surface area contributed by atoms with E-state index in [0.29, 0.717) is 12.1 Å². The lowest BCUT2D eigenvalue weighted by molar-refractivity contribution is -0.342. The topological polar surface area (TPSA) is 16.1 Å². The van der Waals surface area contributed by atoms with Crippen molar-refractivity contribution in [1.29, 1.82) is 0 Å². The summed E-state index contributed by atoms with van der Waals surface area (Å²) >= 11 is 0. The van der Waals surface area contributed by atoms with Gasteiger partial charge < -0.3 is 0 Å². The van der Waals surface area contributed by atoms with Crippen molar-refractivity contribution in [3.63, 3.8) is 0 Å². The molecule has 2 aromatic carbocycles. The van der Waals surface area contributed by atoms with Gasteiger partial charge in [0.05, 0.1) is 16.8 Å². The van der Waals surface area contributed by atoms with Crippen LogP contribution in [0.3, 0.4) is 0 Å². The largest absolute Gasteiger partial charge is 0.446 e. The van der Waals surface area contributed by atoms with Crippen LogP contribution in [0, 0.1) is 0 Å². The molecule has 2 unspecified atom stereocenters. The van der Waals surface area contributed by atoms with Crippen LogP contribution in [-0.2, 0) is 11.8 Å². The third-order valence-electron chi connectivity index (χ3n) is 5.25. The van der Waals surface area contributed by atoms with Crippen LogP contribution >= 0.6 is 0 Å². The summed E-state index contributed by atoms with van der Waals surface area (Å²) in [5.74, 6) is -5.99. The SMILES string of the molecule is FC(F)(F)c1nc2ccccc2c2c1C(F)(C(F)(F)F)C(F)(C(F)(F)F)N2c1ccccc1. The van der Waals surface area contributed by atoms with E-state index in [1.54, 1.807) is 0 Å². The molecule has 0 amide bonds. The number of rotatable bonds is 1. The fourth-order valence-corrected chi connectivity index (χ4v) is 3.97. The number of aromatic nitrogens is 1. The fourth-order valence-electron chi connectivity index (χ4n) is 3.97. The van der Waals surface area contributed by atoms with Crippen LogP contribution in [0.2, 0.25) is 0 Å². The number of hydrogen-bond donors (Lipinski definition) is 0. The number of alkyl halides is 11. The van der Waals surface area contributed by atoms with E-state index in [4.69, 9.17) is 0 Å². The van der Waals surface area contributed by atoms with Crippen molar-refractivity contribution in [2.45, 2.75) is 30.0 Å². The molecule has 3 aromatic rings. The van der Waals surface area contributed by atoms with Gasteiger partial charge in [0.25, 0.3) is 5.67 Å². The van der Waals surface area contributed by atoms with Gasteiger partial charge in [0.1, 0.15) is 0 Å². The predicted octanol–water partition coefficient (Wildman–Crippen LogP) is 7.36. The molecule has 0 spiro atoms. The Kier molecular flexibility index (Phi) is 4.68. The number of anilines is 2. The van der Waals surface area contributed by atoms with Gasteiger partial charge in [-0.3, -0.25) is 4.90 Å². The lowest BCUT2D eigenvalue weighted by atomic mass is 9.86. The van der Waals surface area contributed by atoms with Crippen LogP contribution in [0.4, 0.5) is 59.7 Å². The average molecular weight is 486 g/mol. The second-order valence-corrected chi connectivity index (χ2v) is 7.15. The van der Waals surface area contributed by atoms with Gasteiger partial charge in [-0.25, -0.2) is 13.8 Å². The molecule has 4 rings (SSSR count). The van der Waals surface area contributed by atoms with E-state index in [9.17, 15) is 39.5 Å². The summed E-state index contributed by atoms with van der Waals surface area (Å²) in [5, 5.41) is -0.737. The molecule has 2 nitrogen and oxygen atoms in total. The standard InChI is InChI=1S/C20H9F11N2/c21-16(19(26,27)28)13-14(11-8-4-5-9-12(11)32-15(13)17(22,23)24)33(10-6-2-1-3-7-10)18(16,25)20(29,30)31/h1-9H. The van der Waals surface area contributed by atoms with Gasteiger partial charge in [0.15, 0.2) is 5.69 Å². The molecule has 0 saturated carbocycles. The molecule has 2 heterocycles. The Morgan fingerprint density at radius 3 is 1.76 bits per heavy atom. The van der Waals surface area contributed by atoms with Crippen molar-refractivity contribution in [1.82, 2.24) is 4.98 Å². The zero-order valence-electron chi connectivity index (χ0n) is 15.7. The van der Waals surface area contributed by atoms with Crippen molar-refractivity contribution in [2.75, 3.05) is 4.90 Å². The van der Waals surface area contributed by atoms with Crippen molar-refractivity contribution >= 4 is 22.3 Å². The van der Waals surface area contributed by atoms with Crippen molar-refractivity contribution in [3.8, 4) is 0 Å². The molecular weight excluding hydrogens is 477 g/mol. The molecule has 0 radical (unpaired) electrons. The first-order valence-electron chi connectivity index (χ1n) is 8.93. The summed E-state index contributed by atoms with van der Waals surface area (Å²) in [4.78, 5) is 2.26. The maximum atomic E-state index is 15.9.